The largest absolute Gasteiger partial charge is 0.493 e. The smallest absolute Gasteiger partial charge is 0.247 e. The molecule has 0 radical (unpaired) electrons. The van der Waals surface area contributed by atoms with Gasteiger partial charge >= 0.3 is 0 Å². The minimum Gasteiger partial charge on any atom is -0.493 e. The lowest BCUT2D eigenvalue weighted by molar-refractivity contribution is -0.141. The second kappa shape index (κ2) is 12.9. The second-order valence-corrected chi connectivity index (χ2v) is 10.1. The molecule has 0 unspecified atom stereocenters. The second-order valence-electron chi connectivity index (χ2n) is 10.1. The molecule has 0 aromatic heterocycles. The van der Waals surface area contributed by atoms with Gasteiger partial charge in [-0.15, -0.1) is 0 Å². The highest BCUT2D eigenvalue weighted by Crippen LogP contribution is 2.51. The van der Waals surface area contributed by atoms with E-state index >= 15 is 0 Å². The summed E-state index contributed by atoms with van der Waals surface area (Å²) in [5.41, 5.74) is 1.57. The number of benzene rings is 1. The summed E-state index contributed by atoms with van der Waals surface area (Å²) < 4.78 is 17.3. The van der Waals surface area contributed by atoms with Crippen molar-refractivity contribution in [2.45, 2.75) is 69.8 Å². The van der Waals surface area contributed by atoms with Gasteiger partial charge in [0.25, 0.3) is 0 Å². The molecule has 10 heteroatoms. The average molecular weight is 533 g/mol. The van der Waals surface area contributed by atoms with Crippen LogP contribution in [0.3, 0.4) is 0 Å². The monoisotopic (exact) mass is 532 g/mol. The van der Waals surface area contributed by atoms with Crippen LogP contribution in [-0.4, -0.2) is 90.3 Å². The van der Waals surface area contributed by atoms with Crippen molar-refractivity contribution in [1.82, 2.24) is 10.2 Å². The molecular weight excluding hydrogens is 492 g/mol. The van der Waals surface area contributed by atoms with E-state index in [1.54, 1.807) is 23.1 Å². The van der Waals surface area contributed by atoms with Gasteiger partial charge in [-0.1, -0.05) is 12.8 Å². The predicted octanol–water partition coefficient (Wildman–Crippen LogP) is 1.26. The first-order valence-electron chi connectivity index (χ1n) is 13.6. The molecule has 1 heterocycles. The van der Waals surface area contributed by atoms with Crippen molar-refractivity contribution in [3.8, 4) is 11.5 Å². The fraction of sp³-hybridized carbons (Fsp3) is 0.643. The van der Waals surface area contributed by atoms with Gasteiger partial charge in [0, 0.05) is 43.4 Å². The molecule has 0 bridgehead atoms. The Balaban J connectivity index is 1.75. The molecule has 2 aliphatic carbocycles. The average Bonchev–Trinajstić information content (AvgIpc) is 3.61. The lowest BCUT2D eigenvalue weighted by Gasteiger charge is -2.41. The molecule has 1 aromatic carbocycles. The number of carbonyl (C=O) groups is 2. The Morgan fingerprint density at radius 2 is 1.97 bits per heavy atom. The minimum absolute atomic E-state index is 0.0245. The first-order chi connectivity index (χ1) is 18.4. The molecule has 2 amide bonds. The fourth-order valence-corrected chi connectivity index (χ4v) is 5.91. The summed E-state index contributed by atoms with van der Waals surface area (Å²) in [6.45, 7) is 2.96. The number of hydrogen-bond acceptors (Lipinski definition) is 8. The van der Waals surface area contributed by atoms with Gasteiger partial charge in [0.05, 0.1) is 32.3 Å². The van der Waals surface area contributed by atoms with E-state index in [-0.39, 0.29) is 31.6 Å². The van der Waals surface area contributed by atoms with E-state index in [9.17, 15) is 24.9 Å². The van der Waals surface area contributed by atoms with Crippen molar-refractivity contribution in [2.75, 3.05) is 40.0 Å². The van der Waals surface area contributed by atoms with E-state index in [2.05, 4.69) is 5.32 Å². The zero-order valence-corrected chi connectivity index (χ0v) is 22.2. The third-order valence-electron chi connectivity index (χ3n) is 7.73. The highest BCUT2D eigenvalue weighted by Gasteiger charge is 2.51. The van der Waals surface area contributed by atoms with E-state index in [0.717, 1.165) is 25.7 Å². The first-order valence-corrected chi connectivity index (χ1v) is 13.6. The number of aliphatic hydroxyl groups is 3. The molecule has 38 heavy (non-hydrogen) atoms. The lowest BCUT2D eigenvalue weighted by Crippen LogP contribution is -2.57. The third-order valence-corrected chi connectivity index (χ3v) is 7.73. The molecule has 4 N–H and O–H groups in total. The summed E-state index contributed by atoms with van der Waals surface area (Å²) in [6.07, 6.45) is 3.94. The van der Waals surface area contributed by atoms with Gasteiger partial charge in [-0.2, -0.15) is 0 Å². The Bertz CT molecular complexity index is 1020. The van der Waals surface area contributed by atoms with Gasteiger partial charge in [-0.05, 0) is 50.0 Å². The molecule has 1 aromatic rings. The lowest BCUT2D eigenvalue weighted by atomic mass is 9.77. The Morgan fingerprint density at radius 1 is 1.21 bits per heavy atom. The number of methoxy groups -OCH3 is 1. The normalized spacial score (nSPS) is 24.3. The van der Waals surface area contributed by atoms with E-state index in [1.807, 2.05) is 6.92 Å². The van der Waals surface area contributed by atoms with Crippen LogP contribution < -0.4 is 14.8 Å². The summed E-state index contributed by atoms with van der Waals surface area (Å²) in [5.74, 6) is -0.370. The molecule has 210 valence electrons. The van der Waals surface area contributed by atoms with Crippen LogP contribution in [0.2, 0.25) is 0 Å². The Labute approximate surface area is 223 Å². The van der Waals surface area contributed by atoms with Gasteiger partial charge in [-0.3, -0.25) is 9.59 Å². The van der Waals surface area contributed by atoms with Crippen LogP contribution in [0.1, 0.15) is 56.1 Å². The van der Waals surface area contributed by atoms with Crippen LogP contribution >= 0.6 is 0 Å². The maximum absolute atomic E-state index is 13.7. The molecular formula is C28H40N2O8. The van der Waals surface area contributed by atoms with Crippen molar-refractivity contribution in [1.29, 1.82) is 0 Å². The summed E-state index contributed by atoms with van der Waals surface area (Å²) >= 11 is 0. The van der Waals surface area contributed by atoms with E-state index in [1.165, 1.54) is 7.11 Å². The Morgan fingerprint density at radius 3 is 2.63 bits per heavy atom. The van der Waals surface area contributed by atoms with Crippen molar-refractivity contribution in [3.63, 3.8) is 0 Å². The van der Waals surface area contributed by atoms with E-state index in [4.69, 9.17) is 14.2 Å². The molecule has 10 nitrogen and oxygen atoms in total. The number of hydrogen-bond donors (Lipinski definition) is 4. The first kappa shape index (κ1) is 28.4. The van der Waals surface area contributed by atoms with Crippen LogP contribution in [0, 0.1) is 5.92 Å². The maximum atomic E-state index is 13.7. The predicted molar refractivity (Wildman–Crippen MR) is 139 cm³/mol. The van der Waals surface area contributed by atoms with Gasteiger partial charge in [0.15, 0.2) is 11.5 Å². The number of carbonyl (C=O) groups excluding carboxylic acids is 2. The summed E-state index contributed by atoms with van der Waals surface area (Å²) in [5, 5.41) is 33.5. The minimum atomic E-state index is -1.11. The number of nitrogens with zero attached hydrogens (tertiary/aromatic N) is 1. The van der Waals surface area contributed by atoms with E-state index < -0.39 is 30.1 Å². The van der Waals surface area contributed by atoms with Crippen LogP contribution in [0.25, 0.3) is 0 Å². The number of amides is 2. The number of ether oxygens (including phenoxy) is 3. The number of aliphatic hydroxyl groups excluding tert-OH is 3. The van der Waals surface area contributed by atoms with Crippen molar-refractivity contribution in [3.05, 3.63) is 34.9 Å². The summed E-state index contributed by atoms with van der Waals surface area (Å²) in [7, 11) is 1.49. The Hall–Kier alpha value is -2.66. The van der Waals surface area contributed by atoms with Gasteiger partial charge < -0.3 is 39.7 Å². The number of nitrogens with one attached hydrogen (secondary N) is 1. The quantitative estimate of drug-likeness (QED) is 0.295. The summed E-state index contributed by atoms with van der Waals surface area (Å²) in [4.78, 5) is 28.8. The molecule has 1 fully saturated rings. The zero-order valence-electron chi connectivity index (χ0n) is 22.2. The highest BCUT2D eigenvalue weighted by molar-refractivity contribution is 5.96. The van der Waals surface area contributed by atoms with Crippen LogP contribution in [0.5, 0.6) is 11.5 Å². The van der Waals surface area contributed by atoms with Crippen LogP contribution in [-0.2, 0) is 20.9 Å². The fourth-order valence-electron chi connectivity index (χ4n) is 5.91. The summed E-state index contributed by atoms with van der Waals surface area (Å²) in [6, 6.07) is 2.64. The van der Waals surface area contributed by atoms with Crippen molar-refractivity contribution in [2.24, 2.45) is 5.92 Å². The third kappa shape index (κ3) is 5.68. The van der Waals surface area contributed by atoms with Crippen molar-refractivity contribution >= 4 is 11.8 Å². The highest BCUT2D eigenvalue weighted by atomic mass is 16.5. The number of fused-ring (bicyclic) bond motifs is 3. The standard InChI is InChI=1S/C28H40N2O8/c1-3-37-12-6-10-30(28(35)18-7-4-5-8-18)21-15-20(27(34)29-9-11-31)23-19-13-17(16-32)14-22(36-2)25(19)38-26(23)24(21)33/h13-15,18,21,23-24,26,31-33H,3-12,16H2,1-2H3,(H,29,34)/t21-,23+,24+,26+/m1/s1. The molecule has 4 atom stereocenters. The van der Waals surface area contributed by atoms with Crippen LogP contribution in [0.15, 0.2) is 23.8 Å². The van der Waals surface area contributed by atoms with Gasteiger partial charge in [0.2, 0.25) is 11.8 Å². The van der Waals surface area contributed by atoms with Gasteiger partial charge in [-0.25, -0.2) is 0 Å². The zero-order chi connectivity index (χ0) is 27.2. The molecule has 1 aliphatic heterocycles. The van der Waals surface area contributed by atoms with Crippen LogP contribution in [0.4, 0.5) is 0 Å². The van der Waals surface area contributed by atoms with Crippen molar-refractivity contribution < 1.29 is 39.1 Å². The SMILES string of the molecule is CCOCCCN(C(=O)C1CCCC1)[C@@H]1C=C(C(=O)NCCO)[C@@H]2c3cc(CO)cc(OC)c3O[C@@H]2[C@H]1O. The molecule has 0 saturated heterocycles. The number of rotatable bonds is 12. The molecule has 3 aliphatic rings. The Kier molecular flexibility index (Phi) is 9.64. The van der Waals surface area contributed by atoms with E-state index in [0.29, 0.717) is 54.4 Å². The van der Waals surface area contributed by atoms with Gasteiger partial charge in [0.1, 0.15) is 12.2 Å². The molecule has 4 rings (SSSR count). The maximum Gasteiger partial charge on any atom is 0.247 e. The molecule has 1 saturated carbocycles. The molecule has 0 spiro atoms. The topological polar surface area (TPSA) is 138 Å².